The van der Waals surface area contributed by atoms with E-state index in [2.05, 4.69) is 41.4 Å². The second kappa shape index (κ2) is 8.17. The zero-order valence-corrected chi connectivity index (χ0v) is 16.2. The number of nitrogens with zero attached hydrogens (tertiary/aromatic N) is 2. The number of carbonyl (C=O) groups excluding carboxylic acids is 1. The number of nitrogens with one attached hydrogen (secondary N) is 2. The maximum Gasteiger partial charge on any atom is 0.274 e. The highest BCUT2D eigenvalue weighted by atomic mass is 19.1. The van der Waals surface area contributed by atoms with Gasteiger partial charge in [0.1, 0.15) is 23.7 Å². The van der Waals surface area contributed by atoms with Crippen LogP contribution in [0.5, 0.6) is 0 Å². The molecule has 28 heavy (non-hydrogen) atoms. The summed E-state index contributed by atoms with van der Waals surface area (Å²) < 4.78 is 13.0. The molecule has 0 saturated carbocycles. The van der Waals surface area contributed by atoms with Crippen molar-refractivity contribution >= 4 is 17.4 Å². The third-order valence-electron chi connectivity index (χ3n) is 4.30. The quantitative estimate of drug-likeness (QED) is 0.671. The highest BCUT2D eigenvalue weighted by molar-refractivity contribution is 6.03. The Morgan fingerprint density at radius 1 is 1.00 bits per heavy atom. The fourth-order valence-electron chi connectivity index (χ4n) is 2.62. The van der Waals surface area contributed by atoms with Gasteiger partial charge in [0.05, 0.1) is 0 Å². The Hall–Kier alpha value is -3.28. The van der Waals surface area contributed by atoms with Gasteiger partial charge in [-0.3, -0.25) is 4.79 Å². The highest BCUT2D eigenvalue weighted by Gasteiger charge is 2.14. The summed E-state index contributed by atoms with van der Waals surface area (Å²) in [6.45, 7) is 6.89. The van der Waals surface area contributed by atoms with Gasteiger partial charge in [0, 0.05) is 18.3 Å². The smallest absolute Gasteiger partial charge is 0.274 e. The first-order valence-electron chi connectivity index (χ1n) is 9.03. The standard InChI is InChI=1S/C22H23FN4O/c1-22(2,3)16-6-10-18(11-7-16)27-21(28)19-12-20(26-14-25-19)24-13-15-4-8-17(23)9-5-15/h4-12,14H,13H2,1-3H3,(H,27,28)(H,24,25,26). The molecule has 144 valence electrons. The summed E-state index contributed by atoms with van der Waals surface area (Å²) in [5, 5.41) is 5.96. The maximum absolute atomic E-state index is 13.0. The first kappa shape index (κ1) is 19.5. The Balaban J connectivity index is 1.64. The number of carbonyl (C=O) groups is 1. The van der Waals surface area contributed by atoms with Crippen LogP contribution in [0.1, 0.15) is 42.4 Å². The third-order valence-corrected chi connectivity index (χ3v) is 4.30. The normalized spacial score (nSPS) is 11.1. The molecule has 0 aliphatic rings. The van der Waals surface area contributed by atoms with E-state index in [1.807, 2.05) is 24.3 Å². The molecule has 6 heteroatoms. The first-order valence-corrected chi connectivity index (χ1v) is 9.03. The summed E-state index contributed by atoms with van der Waals surface area (Å²) in [6, 6.07) is 15.6. The fourth-order valence-corrected chi connectivity index (χ4v) is 2.62. The molecule has 0 atom stereocenters. The zero-order chi connectivity index (χ0) is 20.1. The van der Waals surface area contributed by atoms with Crippen LogP contribution < -0.4 is 10.6 Å². The largest absolute Gasteiger partial charge is 0.366 e. The summed E-state index contributed by atoms with van der Waals surface area (Å²) in [7, 11) is 0. The van der Waals surface area contributed by atoms with E-state index in [1.54, 1.807) is 18.2 Å². The lowest BCUT2D eigenvalue weighted by Gasteiger charge is -2.19. The Morgan fingerprint density at radius 3 is 2.32 bits per heavy atom. The summed E-state index contributed by atoms with van der Waals surface area (Å²) >= 11 is 0. The number of amides is 1. The van der Waals surface area contributed by atoms with Crippen molar-refractivity contribution in [3.05, 3.63) is 83.6 Å². The van der Waals surface area contributed by atoms with Crippen molar-refractivity contribution in [3.63, 3.8) is 0 Å². The van der Waals surface area contributed by atoms with Crippen molar-refractivity contribution in [2.75, 3.05) is 10.6 Å². The topological polar surface area (TPSA) is 66.9 Å². The second-order valence-electron chi connectivity index (χ2n) is 7.55. The molecule has 2 aromatic carbocycles. The molecule has 0 fully saturated rings. The predicted molar refractivity (Wildman–Crippen MR) is 109 cm³/mol. The van der Waals surface area contributed by atoms with Crippen LogP contribution in [0.4, 0.5) is 15.9 Å². The number of anilines is 2. The van der Waals surface area contributed by atoms with Crippen LogP contribution in [0.25, 0.3) is 0 Å². The molecule has 0 aliphatic carbocycles. The van der Waals surface area contributed by atoms with E-state index in [-0.39, 0.29) is 22.8 Å². The van der Waals surface area contributed by atoms with Crippen LogP contribution in [0.15, 0.2) is 60.9 Å². The molecule has 0 bridgehead atoms. The van der Waals surface area contributed by atoms with Crippen molar-refractivity contribution in [1.82, 2.24) is 9.97 Å². The van der Waals surface area contributed by atoms with Crippen molar-refractivity contribution in [1.29, 1.82) is 0 Å². The van der Waals surface area contributed by atoms with Crippen molar-refractivity contribution in [2.24, 2.45) is 0 Å². The SMILES string of the molecule is CC(C)(C)c1ccc(NC(=O)c2cc(NCc3ccc(F)cc3)ncn2)cc1. The van der Waals surface area contributed by atoms with E-state index in [0.29, 0.717) is 18.1 Å². The number of halogens is 1. The first-order chi connectivity index (χ1) is 13.3. The molecule has 0 saturated heterocycles. The number of rotatable bonds is 5. The molecule has 0 unspecified atom stereocenters. The van der Waals surface area contributed by atoms with E-state index < -0.39 is 0 Å². The van der Waals surface area contributed by atoms with Crippen molar-refractivity contribution in [2.45, 2.75) is 32.7 Å². The molecule has 3 rings (SSSR count). The molecule has 0 spiro atoms. The fraction of sp³-hybridized carbons (Fsp3) is 0.227. The molecular formula is C22H23FN4O. The van der Waals surface area contributed by atoms with Crippen molar-refractivity contribution < 1.29 is 9.18 Å². The van der Waals surface area contributed by atoms with Gasteiger partial charge in [-0.2, -0.15) is 0 Å². The lowest BCUT2D eigenvalue weighted by Crippen LogP contribution is -2.15. The molecule has 1 aromatic heterocycles. The molecule has 0 radical (unpaired) electrons. The van der Waals surface area contributed by atoms with E-state index in [9.17, 15) is 9.18 Å². The van der Waals surface area contributed by atoms with Crippen LogP contribution in [-0.2, 0) is 12.0 Å². The highest BCUT2D eigenvalue weighted by Crippen LogP contribution is 2.23. The molecule has 2 N–H and O–H groups in total. The van der Waals surface area contributed by atoms with Gasteiger partial charge in [0.2, 0.25) is 0 Å². The number of aromatic nitrogens is 2. The Kier molecular flexibility index (Phi) is 5.68. The van der Waals surface area contributed by atoms with Gasteiger partial charge in [0.15, 0.2) is 0 Å². The van der Waals surface area contributed by atoms with Crippen LogP contribution >= 0.6 is 0 Å². The minimum Gasteiger partial charge on any atom is -0.366 e. The van der Waals surface area contributed by atoms with Gasteiger partial charge in [-0.25, -0.2) is 14.4 Å². The molecule has 5 nitrogen and oxygen atoms in total. The van der Waals surface area contributed by atoms with Crippen molar-refractivity contribution in [3.8, 4) is 0 Å². The van der Waals surface area contributed by atoms with Gasteiger partial charge in [-0.15, -0.1) is 0 Å². The summed E-state index contributed by atoms with van der Waals surface area (Å²) in [4.78, 5) is 20.7. The Morgan fingerprint density at radius 2 is 1.68 bits per heavy atom. The lowest BCUT2D eigenvalue weighted by atomic mass is 9.87. The van der Waals surface area contributed by atoms with Gasteiger partial charge in [-0.1, -0.05) is 45.0 Å². The number of hydrogen-bond acceptors (Lipinski definition) is 4. The lowest BCUT2D eigenvalue weighted by molar-refractivity contribution is 0.102. The predicted octanol–water partition coefficient (Wildman–Crippen LogP) is 4.78. The zero-order valence-electron chi connectivity index (χ0n) is 16.2. The van der Waals surface area contributed by atoms with Crippen LogP contribution in [0, 0.1) is 5.82 Å². The second-order valence-corrected chi connectivity index (χ2v) is 7.55. The van der Waals surface area contributed by atoms with Crippen LogP contribution in [0.2, 0.25) is 0 Å². The molecule has 1 heterocycles. The number of hydrogen-bond donors (Lipinski definition) is 2. The van der Waals surface area contributed by atoms with E-state index in [4.69, 9.17) is 0 Å². The monoisotopic (exact) mass is 378 g/mol. The van der Waals surface area contributed by atoms with Gasteiger partial charge in [0.25, 0.3) is 5.91 Å². The minimum atomic E-state index is -0.309. The average molecular weight is 378 g/mol. The van der Waals surface area contributed by atoms with E-state index in [1.165, 1.54) is 24.0 Å². The van der Waals surface area contributed by atoms with Gasteiger partial charge >= 0.3 is 0 Å². The molecular weight excluding hydrogens is 355 g/mol. The minimum absolute atomic E-state index is 0.0558. The van der Waals surface area contributed by atoms with Crippen LogP contribution in [-0.4, -0.2) is 15.9 Å². The van der Waals surface area contributed by atoms with Crippen LogP contribution in [0.3, 0.4) is 0 Å². The van der Waals surface area contributed by atoms with Gasteiger partial charge < -0.3 is 10.6 Å². The van der Waals surface area contributed by atoms with Gasteiger partial charge in [-0.05, 0) is 40.8 Å². The van der Waals surface area contributed by atoms with E-state index >= 15 is 0 Å². The summed E-state index contributed by atoms with van der Waals surface area (Å²) in [5.41, 5.74) is 3.12. The molecule has 1 amide bonds. The number of benzene rings is 2. The summed E-state index contributed by atoms with van der Waals surface area (Å²) in [5.74, 6) is -0.0661. The molecule has 0 aliphatic heterocycles. The maximum atomic E-state index is 13.0. The third kappa shape index (κ3) is 5.13. The Labute approximate surface area is 164 Å². The Bertz CT molecular complexity index is 948. The van der Waals surface area contributed by atoms with E-state index in [0.717, 1.165) is 5.56 Å². The molecule has 3 aromatic rings. The average Bonchev–Trinajstić information content (AvgIpc) is 2.67. The summed E-state index contributed by atoms with van der Waals surface area (Å²) in [6.07, 6.45) is 1.34.